The van der Waals surface area contributed by atoms with Crippen LogP contribution in [0.4, 0.5) is 5.69 Å². The van der Waals surface area contributed by atoms with Crippen molar-refractivity contribution in [1.29, 1.82) is 0 Å². The van der Waals surface area contributed by atoms with E-state index in [-0.39, 0.29) is 23.1 Å². The first-order valence-electron chi connectivity index (χ1n) is 10.5. The fourth-order valence-corrected chi connectivity index (χ4v) is 5.13. The molecule has 0 fully saturated rings. The Balaban J connectivity index is 1.56. The topological polar surface area (TPSA) is 84.9 Å². The monoisotopic (exact) mass is 466 g/mol. The number of carbonyl (C=O) groups excluding carboxylic acids is 1. The van der Waals surface area contributed by atoms with E-state index in [1.54, 1.807) is 17.0 Å². The summed E-state index contributed by atoms with van der Waals surface area (Å²) >= 11 is 0. The molecule has 0 unspecified atom stereocenters. The van der Waals surface area contributed by atoms with Crippen LogP contribution >= 0.6 is 0 Å². The molecule has 1 aliphatic rings. The van der Waals surface area contributed by atoms with E-state index in [0.29, 0.717) is 17.9 Å². The fraction of sp³-hybridized carbons (Fsp3) is 0.240. The van der Waals surface area contributed by atoms with E-state index in [0.717, 1.165) is 28.8 Å². The van der Waals surface area contributed by atoms with Crippen molar-refractivity contribution >= 4 is 21.6 Å². The van der Waals surface area contributed by atoms with Gasteiger partial charge in [0.1, 0.15) is 16.4 Å². The lowest BCUT2D eigenvalue weighted by atomic mass is 10.1. The third kappa shape index (κ3) is 4.72. The smallest absolute Gasteiger partial charge is 0.258 e. The molecule has 33 heavy (non-hydrogen) atoms. The largest absolute Gasteiger partial charge is 0.497 e. The first-order valence-corrected chi connectivity index (χ1v) is 12.0. The Morgan fingerprint density at radius 3 is 2.58 bits per heavy atom. The van der Waals surface area contributed by atoms with Gasteiger partial charge in [0.15, 0.2) is 0 Å². The Kier molecular flexibility index (Phi) is 6.40. The van der Waals surface area contributed by atoms with E-state index in [4.69, 9.17) is 9.47 Å². The summed E-state index contributed by atoms with van der Waals surface area (Å²) in [6.07, 6.45) is 0.764. The van der Waals surface area contributed by atoms with Crippen molar-refractivity contribution in [2.24, 2.45) is 0 Å². The minimum atomic E-state index is -3.86. The maximum atomic E-state index is 13.1. The van der Waals surface area contributed by atoms with E-state index < -0.39 is 10.0 Å². The van der Waals surface area contributed by atoms with Crippen LogP contribution in [0.1, 0.15) is 27.0 Å². The normalized spacial score (nSPS) is 13.0. The third-order valence-corrected chi connectivity index (χ3v) is 7.10. The van der Waals surface area contributed by atoms with E-state index in [1.165, 1.54) is 20.3 Å². The van der Waals surface area contributed by atoms with E-state index in [2.05, 4.69) is 4.72 Å². The van der Waals surface area contributed by atoms with Crippen LogP contribution in [0.3, 0.4) is 0 Å². The molecular weight excluding hydrogens is 440 g/mol. The number of benzene rings is 3. The van der Waals surface area contributed by atoms with Gasteiger partial charge in [0, 0.05) is 30.4 Å². The molecule has 1 heterocycles. The van der Waals surface area contributed by atoms with Crippen LogP contribution in [0.2, 0.25) is 0 Å². The van der Waals surface area contributed by atoms with Crippen LogP contribution in [-0.2, 0) is 23.0 Å². The molecule has 0 bridgehead atoms. The molecule has 0 aliphatic carbocycles. The van der Waals surface area contributed by atoms with E-state index in [1.807, 2.05) is 49.4 Å². The lowest BCUT2D eigenvalue weighted by molar-refractivity contribution is 0.0989. The summed E-state index contributed by atoms with van der Waals surface area (Å²) in [7, 11) is -0.971. The summed E-state index contributed by atoms with van der Waals surface area (Å²) in [6, 6.07) is 17.8. The van der Waals surface area contributed by atoms with Crippen molar-refractivity contribution in [3.05, 3.63) is 82.9 Å². The lowest BCUT2D eigenvalue weighted by Gasteiger charge is -2.19. The number of carbonyl (C=O) groups is 1. The molecule has 4 rings (SSSR count). The van der Waals surface area contributed by atoms with Gasteiger partial charge in [0.05, 0.1) is 14.2 Å². The number of ether oxygens (including phenoxy) is 2. The van der Waals surface area contributed by atoms with Crippen LogP contribution in [0.15, 0.2) is 65.6 Å². The van der Waals surface area contributed by atoms with Crippen molar-refractivity contribution in [3.8, 4) is 11.5 Å². The summed E-state index contributed by atoms with van der Waals surface area (Å²) in [5, 5.41) is 0. The Morgan fingerprint density at radius 1 is 1.03 bits per heavy atom. The number of hydrogen-bond donors (Lipinski definition) is 1. The van der Waals surface area contributed by atoms with Crippen molar-refractivity contribution in [2.45, 2.75) is 24.8 Å². The molecule has 1 N–H and O–H groups in total. The molecule has 0 aromatic heterocycles. The Morgan fingerprint density at radius 2 is 1.85 bits per heavy atom. The van der Waals surface area contributed by atoms with Crippen molar-refractivity contribution in [2.75, 3.05) is 25.7 Å². The molecule has 1 aliphatic heterocycles. The molecular formula is C25H26N2O5S. The molecule has 3 aromatic carbocycles. The van der Waals surface area contributed by atoms with Gasteiger partial charge in [-0.25, -0.2) is 13.1 Å². The van der Waals surface area contributed by atoms with Gasteiger partial charge in [-0.15, -0.1) is 0 Å². The molecule has 0 saturated carbocycles. The van der Waals surface area contributed by atoms with E-state index >= 15 is 0 Å². The number of rotatable bonds is 7. The number of nitrogens with zero attached hydrogens (tertiary/aromatic N) is 1. The van der Waals surface area contributed by atoms with Gasteiger partial charge in [0.25, 0.3) is 5.91 Å². The van der Waals surface area contributed by atoms with Crippen LogP contribution < -0.4 is 19.1 Å². The zero-order valence-electron chi connectivity index (χ0n) is 18.8. The molecule has 1 amide bonds. The number of anilines is 1. The van der Waals surface area contributed by atoms with Gasteiger partial charge in [-0.3, -0.25) is 4.79 Å². The van der Waals surface area contributed by atoms with Crippen molar-refractivity contribution in [3.63, 3.8) is 0 Å². The average molecular weight is 467 g/mol. The number of hydrogen-bond acceptors (Lipinski definition) is 5. The molecule has 3 aromatic rings. The second-order valence-electron chi connectivity index (χ2n) is 7.88. The molecule has 7 nitrogen and oxygen atoms in total. The number of amides is 1. The van der Waals surface area contributed by atoms with Gasteiger partial charge >= 0.3 is 0 Å². The Labute approximate surface area is 194 Å². The molecule has 0 saturated heterocycles. The second-order valence-corrected chi connectivity index (χ2v) is 9.62. The first kappa shape index (κ1) is 22.8. The predicted octanol–water partition coefficient (Wildman–Crippen LogP) is 3.69. The highest BCUT2D eigenvalue weighted by molar-refractivity contribution is 7.89. The summed E-state index contributed by atoms with van der Waals surface area (Å²) in [4.78, 5) is 14.9. The van der Waals surface area contributed by atoms with Gasteiger partial charge in [0.2, 0.25) is 10.0 Å². The molecule has 0 spiro atoms. The highest BCUT2D eigenvalue weighted by Crippen LogP contribution is 2.31. The summed E-state index contributed by atoms with van der Waals surface area (Å²) < 4.78 is 38.9. The highest BCUT2D eigenvalue weighted by atomic mass is 32.2. The third-order valence-electron chi connectivity index (χ3n) is 5.68. The molecule has 0 atom stereocenters. The fourth-order valence-electron chi connectivity index (χ4n) is 3.93. The van der Waals surface area contributed by atoms with Crippen molar-refractivity contribution in [1.82, 2.24) is 4.72 Å². The maximum absolute atomic E-state index is 13.1. The standard InChI is InChI=1S/C25H26N2O5S/c1-17-5-4-6-20(13-17)25(28)27-12-11-19-8-7-18(14-22(19)27)16-26-33(29,30)24-15-21(31-2)9-10-23(24)32-3/h4-10,13-15,26H,11-12,16H2,1-3H3. The highest BCUT2D eigenvalue weighted by Gasteiger charge is 2.26. The zero-order chi connectivity index (χ0) is 23.6. The minimum absolute atomic E-state index is 0.00163. The number of fused-ring (bicyclic) bond motifs is 1. The van der Waals surface area contributed by atoms with Gasteiger partial charge < -0.3 is 14.4 Å². The summed E-state index contributed by atoms with van der Waals surface area (Å²) in [5.41, 5.74) is 4.30. The first-order chi connectivity index (χ1) is 15.8. The van der Waals surface area contributed by atoms with Crippen LogP contribution in [0.25, 0.3) is 0 Å². The zero-order valence-corrected chi connectivity index (χ0v) is 19.6. The van der Waals surface area contributed by atoms with Gasteiger partial charge in [-0.1, -0.05) is 29.8 Å². The maximum Gasteiger partial charge on any atom is 0.258 e. The molecule has 172 valence electrons. The molecule has 8 heteroatoms. The van der Waals surface area contributed by atoms with Gasteiger partial charge in [-0.2, -0.15) is 0 Å². The van der Waals surface area contributed by atoms with Crippen LogP contribution in [0, 0.1) is 6.92 Å². The minimum Gasteiger partial charge on any atom is -0.497 e. The Bertz CT molecular complexity index is 1300. The Hall–Kier alpha value is -3.36. The predicted molar refractivity (Wildman–Crippen MR) is 127 cm³/mol. The van der Waals surface area contributed by atoms with Crippen LogP contribution in [-0.4, -0.2) is 35.1 Å². The molecule has 0 radical (unpaired) electrons. The SMILES string of the molecule is COc1ccc(OC)c(S(=O)(=O)NCc2ccc3c(c2)N(C(=O)c2cccc(C)c2)CC3)c1. The number of nitrogens with one attached hydrogen (secondary N) is 1. The number of aryl methyl sites for hydroxylation is 1. The van der Waals surface area contributed by atoms with Crippen molar-refractivity contribution < 1.29 is 22.7 Å². The second kappa shape index (κ2) is 9.25. The number of sulfonamides is 1. The lowest BCUT2D eigenvalue weighted by Crippen LogP contribution is -2.29. The van der Waals surface area contributed by atoms with E-state index in [9.17, 15) is 13.2 Å². The summed E-state index contributed by atoms with van der Waals surface area (Å²) in [5.74, 6) is 0.586. The quantitative estimate of drug-likeness (QED) is 0.574. The van der Waals surface area contributed by atoms with Gasteiger partial charge in [-0.05, 0) is 54.8 Å². The number of methoxy groups -OCH3 is 2. The summed E-state index contributed by atoms with van der Waals surface area (Å²) in [6.45, 7) is 2.62. The van der Waals surface area contributed by atoms with Crippen LogP contribution in [0.5, 0.6) is 11.5 Å². The average Bonchev–Trinajstić information content (AvgIpc) is 3.25.